The van der Waals surface area contributed by atoms with Gasteiger partial charge in [0.15, 0.2) is 5.75 Å². The van der Waals surface area contributed by atoms with Crippen molar-refractivity contribution in [3.63, 3.8) is 0 Å². The Kier molecular flexibility index (Phi) is 7.17. The van der Waals surface area contributed by atoms with Crippen molar-refractivity contribution in [3.05, 3.63) is 33.9 Å². The van der Waals surface area contributed by atoms with E-state index in [0.29, 0.717) is 13.0 Å². The Bertz CT molecular complexity index is 490. The Hall–Kier alpha value is -2.15. The Labute approximate surface area is 123 Å². The van der Waals surface area contributed by atoms with E-state index in [-0.39, 0.29) is 30.4 Å². The summed E-state index contributed by atoms with van der Waals surface area (Å²) in [6.45, 7) is 3.55. The summed E-state index contributed by atoms with van der Waals surface area (Å²) < 4.78 is 9.89. The first kappa shape index (κ1) is 16.9. The molecule has 0 saturated heterocycles. The largest absolute Gasteiger partial charge is 0.487 e. The van der Waals surface area contributed by atoms with Gasteiger partial charge >= 0.3 is 11.7 Å². The average molecular weight is 296 g/mol. The molecule has 7 nitrogen and oxygen atoms in total. The van der Waals surface area contributed by atoms with E-state index in [1.165, 1.54) is 13.2 Å². The minimum Gasteiger partial charge on any atom is -0.487 e. The molecule has 7 heteroatoms. The molecule has 116 valence electrons. The van der Waals surface area contributed by atoms with Gasteiger partial charge in [0.05, 0.1) is 18.6 Å². The molecule has 0 radical (unpaired) electrons. The van der Waals surface area contributed by atoms with Crippen molar-refractivity contribution < 1.29 is 19.2 Å². The first-order chi connectivity index (χ1) is 10.1. The topological polar surface area (TPSA) is 90.7 Å². The highest BCUT2D eigenvalue weighted by Gasteiger charge is 2.16. The van der Waals surface area contributed by atoms with Crippen LogP contribution in [0.15, 0.2) is 18.2 Å². The van der Waals surface area contributed by atoms with Gasteiger partial charge in [-0.2, -0.15) is 0 Å². The summed E-state index contributed by atoms with van der Waals surface area (Å²) >= 11 is 0. The van der Waals surface area contributed by atoms with Gasteiger partial charge in [0.2, 0.25) is 0 Å². The summed E-state index contributed by atoms with van der Waals surface area (Å²) in [7, 11) is 1.32. The Morgan fingerprint density at radius 3 is 2.81 bits per heavy atom. The molecular weight excluding hydrogens is 276 g/mol. The predicted octanol–water partition coefficient (Wildman–Crippen LogP) is 2.04. The van der Waals surface area contributed by atoms with Crippen molar-refractivity contribution in [1.29, 1.82) is 0 Å². The highest BCUT2D eigenvalue weighted by molar-refractivity contribution is 5.69. The van der Waals surface area contributed by atoms with Gasteiger partial charge in [0, 0.05) is 19.0 Å². The number of ether oxygens (including phenoxy) is 2. The molecule has 1 aromatic rings. The van der Waals surface area contributed by atoms with E-state index in [4.69, 9.17) is 4.74 Å². The van der Waals surface area contributed by atoms with Crippen LogP contribution >= 0.6 is 0 Å². The molecule has 1 N–H and O–H groups in total. The van der Waals surface area contributed by atoms with Gasteiger partial charge in [-0.05, 0) is 24.6 Å². The van der Waals surface area contributed by atoms with Crippen LogP contribution in [0.1, 0.15) is 25.3 Å². The van der Waals surface area contributed by atoms with Crippen LogP contribution in [0.4, 0.5) is 5.69 Å². The van der Waals surface area contributed by atoms with Crippen molar-refractivity contribution in [1.82, 2.24) is 5.32 Å². The molecule has 0 atom stereocenters. The lowest BCUT2D eigenvalue weighted by Gasteiger charge is -2.08. The molecule has 21 heavy (non-hydrogen) atoms. The number of carbonyl (C=O) groups excluding carboxylic acids is 1. The zero-order valence-corrected chi connectivity index (χ0v) is 12.3. The van der Waals surface area contributed by atoms with Crippen LogP contribution in [0.25, 0.3) is 0 Å². The summed E-state index contributed by atoms with van der Waals surface area (Å²) in [6, 6.07) is 4.87. The van der Waals surface area contributed by atoms with Crippen LogP contribution in [-0.2, 0) is 16.1 Å². The van der Waals surface area contributed by atoms with Crippen LogP contribution in [-0.4, -0.2) is 31.2 Å². The maximum atomic E-state index is 11.1. The Balaban J connectivity index is 2.64. The molecule has 0 spiro atoms. The molecule has 0 unspecified atom stereocenters. The van der Waals surface area contributed by atoms with Gasteiger partial charge in [0.1, 0.15) is 0 Å². The van der Waals surface area contributed by atoms with Crippen molar-refractivity contribution in [2.45, 2.75) is 26.3 Å². The fourth-order valence-electron chi connectivity index (χ4n) is 1.71. The molecule has 0 saturated carbocycles. The summed E-state index contributed by atoms with van der Waals surface area (Å²) in [6.07, 6.45) is 0.672. The third kappa shape index (κ3) is 5.78. The molecule has 0 bridgehead atoms. The number of nitrogens with zero attached hydrogens (tertiary/aromatic N) is 1. The van der Waals surface area contributed by atoms with E-state index in [0.717, 1.165) is 12.1 Å². The number of rotatable bonds is 9. The molecule has 1 aromatic carbocycles. The number of nitro benzene ring substituents is 1. The molecule has 0 aliphatic rings. The highest BCUT2D eigenvalue weighted by atomic mass is 16.6. The lowest BCUT2D eigenvalue weighted by Crippen LogP contribution is -2.12. The third-order valence-electron chi connectivity index (χ3n) is 2.81. The van der Waals surface area contributed by atoms with E-state index in [1.807, 2.05) is 6.92 Å². The fourth-order valence-corrected chi connectivity index (χ4v) is 1.71. The zero-order chi connectivity index (χ0) is 15.7. The van der Waals surface area contributed by atoms with E-state index >= 15 is 0 Å². The molecule has 1 rings (SSSR count). The van der Waals surface area contributed by atoms with Gasteiger partial charge in [-0.25, -0.2) is 0 Å². The van der Waals surface area contributed by atoms with Crippen LogP contribution in [0.3, 0.4) is 0 Å². The minimum atomic E-state index is -0.467. The number of methoxy groups -OCH3 is 1. The van der Waals surface area contributed by atoms with Gasteiger partial charge in [-0.1, -0.05) is 13.0 Å². The standard InChI is InChI=1S/C14H20N2O5/c1-3-15-10-11-6-7-13(12(9-11)16(18)19)21-8-4-5-14(17)20-2/h6-7,9,15H,3-5,8,10H2,1-2H3. The van der Waals surface area contributed by atoms with Crippen LogP contribution in [0.2, 0.25) is 0 Å². The van der Waals surface area contributed by atoms with Crippen molar-refractivity contribution in [2.75, 3.05) is 20.3 Å². The average Bonchev–Trinajstić information content (AvgIpc) is 2.49. The second-order valence-corrected chi connectivity index (χ2v) is 4.37. The first-order valence-corrected chi connectivity index (χ1v) is 6.76. The van der Waals surface area contributed by atoms with Gasteiger partial charge in [-0.3, -0.25) is 14.9 Å². The van der Waals surface area contributed by atoms with Crippen LogP contribution < -0.4 is 10.1 Å². The molecular formula is C14H20N2O5. The SMILES string of the molecule is CCNCc1ccc(OCCCC(=O)OC)c([N+](=O)[O-])c1. The smallest absolute Gasteiger partial charge is 0.311 e. The summed E-state index contributed by atoms with van der Waals surface area (Å²) in [5, 5.41) is 14.2. The normalized spacial score (nSPS) is 10.2. The fraction of sp³-hybridized carbons (Fsp3) is 0.500. The van der Waals surface area contributed by atoms with Crippen LogP contribution in [0.5, 0.6) is 5.75 Å². The Morgan fingerprint density at radius 2 is 2.19 bits per heavy atom. The van der Waals surface area contributed by atoms with Gasteiger partial charge in [0.25, 0.3) is 0 Å². The number of hydrogen-bond acceptors (Lipinski definition) is 6. The number of esters is 1. The molecule has 0 heterocycles. The molecule has 0 aliphatic heterocycles. The molecule has 0 aliphatic carbocycles. The summed E-state index contributed by atoms with van der Waals surface area (Å²) in [5.41, 5.74) is 0.758. The number of nitro groups is 1. The monoisotopic (exact) mass is 296 g/mol. The van der Waals surface area contributed by atoms with Crippen LogP contribution in [0, 0.1) is 10.1 Å². The first-order valence-electron chi connectivity index (χ1n) is 6.76. The summed E-state index contributed by atoms with van der Waals surface area (Å²) in [5.74, 6) is -0.112. The quantitative estimate of drug-likeness (QED) is 0.324. The van der Waals surface area contributed by atoms with Crippen molar-refractivity contribution >= 4 is 11.7 Å². The molecule has 0 aromatic heterocycles. The number of hydrogen-bond donors (Lipinski definition) is 1. The number of benzene rings is 1. The highest BCUT2D eigenvalue weighted by Crippen LogP contribution is 2.28. The van der Waals surface area contributed by atoms with E-state index in [9.17, 15) is 14.9 Å². The predicted molar refractivity (Wildman–Crippen MR) is 77.2 cm³/mol. The van der Waals surface area contributed by atoms with E-state index in [2.05, 4.69) is 10.1 Å². The third-order valence-corrected chi connectivity index (χ3v) is 2.81. The minimum absolute atomic E-state index is 0.0662. The zero-order valence-electron chi connectivity index (χ0n) is 12.3. The molecule has 0 fully saturated rings. The maximum Gasteiger partial charge on any atom is 0.311 e. The Morgan fingerprint density at radius 1 is 1.43 bits per heavy atom. The maximum absolute atomic E-state index is 11.1. The second-order valence-electron chi connectivity index (χ2n) is 4.37. The number of nitrogens with one attached hydrogen (secondary N) is 1. The van der Waals surface area contributed by atoms with E-state index < -0.39 is 4.92 Å². The number of carbonyl (C=O) groups is 1. The van der Waals surface area contributed by atoms with E-state index in [1.54, 1.807) is 12.1 Å². The van der Waals surface area contributed by atoms with Crippen molar-refractivity contribution in [2.24, 2.45) is 0 Å². The lowest BCUT2D eigenvalue weighted by atomic mass is 10.2. The van der Waals surface area contributed by atoms with Gasteiger partial charge < -0.3 is 14.8 Å². The second kappa shape index (κ2) is 8.91. The molecule has 0 amide bonds. The van der Waals surface area contributed by atoms with Crippen molar-refractivity contribution in [3.8, 4) is 5.75 Å². The lowest BCUT2D eigenvalue weighted by molar-refractivity contribution is -0.385. The summed E-state index contributed by atoms with van der Waals surface area (Å²) in [4.78, 5) is 21.5. The van der Waals surface area contributed by atoms with Gasteiger partial charge in [-0.15, -0.1) is 0 Å².